The van der Waals surface area contributed by atoms with Crippen LogP contribution in [0.5, 0.6) is 0 Å². The van der Waals surface area contributed by atoms with Gasteiger partial charge in [0.1, 0.15) is 5.37 Å². The summed E-state index contributed by atoms with van der Waals surface area (Å²) in [7, 11) is 0. The van der Waals surface area contributed by atoms with Crippen molar-refractivity contribution >= 4 is 44.9 Å². The number of thiophene rings is 1. The summed E-state index contributed by atoms with van der Waals surface area (Å²) in [4.78, 5) is 18.0. The Morgan fingerprint density at radius 1 is 1.19 bits per heavy atom. The largest absolute Gasteiger partial charge is 0.325 e. The van der Waals surface area contributed by atoms with Crippen molar-refractivity contribution in [1.82, 2.24) is 9.80 Å². The maximum absolute atomic E-state index is 12.1. The molecule has 1 amide bonds. The van der Waals surface area contributed by atoms with E-state index in [1.807, 2.05) is 0 Å². The van der Waals surface area contributed by atoms with Gasteiger partial charge < -0.3 is 9.80 Å². The molecule has 2 saturated heterocycles. The third-order valence-electron chi connectivity index (χ3n) is 4.13. The van der Waals surface area contributed by atoms with Gasteiger partial charge in [0.2, 0.25) is 5.91 Å². The topological polar surface area (TPSA) is 23.6 Å². The van der Waals surface area contributed by atoms with Crippen LogP contribution >= 0.6 is 39.0 Å². The van der Waals surface area contributed by atoms with Gasteiger partial charge in [0, 0.05) is 11.4 Å². The molecule has 0 aliphatic carbocycles. The zero-order valence-electron chi connectivity index (χ0n) is 12.1. The van der Waals surface area contributed by atoms with Crippen molar-refractivity contribution < 1.29 is 4.79 Å². The van der Waals surface area contributed by atoms with Gasteiger partial charge >= 0.3 is 0 Å². The molecule has 6 heteroatoms. The van der Waals surface area contributed by atoms with Crippen molar-refractivity contribution in [3.05, 3.63) is 20.8 Å². The molecule has 2 aliphatic heterocycles. The van der Waals surface area contributed by atoms with Gasteiger partial charge in [-0.05, 0) is 73.4 Å². The lowest BCUT2D eigenvalue weighted by Gasteiger charge is -2.23. The number of amides is 1. The summed E-state index contributed by atoms with van der Waals surface area (Å²) in [5, 5.41) is 0.237. The first-order chi connectivity index (χ1) is 10.2. The molecule has 3 nitrogen and oxygen atoms in total. The maximum atomic E-state index is 12.1. The SMILES string of the molecule is O=C1CSC(c2ccc(Br)s2)N1CCCCN1CCCC1. The molecule has 2 fully saturated rings. The minimum Gasteiger partial charge on any atom is -0.325 e. The number of thioether (sulfide) groups is 1. The Hall–Kier alpha value is -0.0400. The average molecular weight is 389 g/mol. The summed E-state index contributed by atoms with van der Waals surface area (Å²) in [6.07, 6.45) is 5.04. The van der Waals surface area contributed by atoms with Gasteiger partial charge in [-0.3, -0.25) is 4.79 Å². The number of carbonyl (C=O) groups is 1. The van der Waals surface area contributed by atoms with Gasteiger partial charge in [0.25, 0.3) is 0 Å². The van der Waals surface area contributed by atoms with E-state index in [0.717, 1.165) is 16.8 Å². The van der Waals surface area contributed by atoms with E-state index in [9.17, 15) is 4.79 Å². The highest BCUT2D eigenvalue weighted by atomic mass is 79.9. The number of unbranched alkanes of at least 4 members (excludes halogenated alkanes) is 1. The Morgan fingerprint density at radius 3 is 2.67 bits per heavy atom. The first-order valence-electron chi connectivity index (χ1n) is 7.63. The van der Waals surface area contributed by atoms with E-state index in [-0.39, 0.29) is 5.37 Å². The Morgan fingerprint density at radius 2 is 1.95 bits per heavy atom. The first kappa shape index (κ1) is 15.8. The van der Waals surface area contributed by atoms with Gasteiger partial charge in [0.15, 0.2) is 0 Å². The molecule has 1 unspecified atom stereocenters. The van der Waals surface area contributed by atoms with Gasteiger partial charge in [-0.2, -0.15) is 0 Å². The minimum absolute atomic E-state index is 0.237. The molecule has 2 aliphatic rings. The quantitative estimate of drug-likeness (QED) is 0.688. The predicted octanol–water partition coefficient (Wildman–Crippen LogP) is 3.96. The summed E-state index contributed by atoms with van der Waals surface area (Å²) >= 11 is 7.02. The van der Waals surface area contributed by atoms with Crippen LogP contribution in [0, 0.1) is 0 Å². The lowest BCUT2D eigenvalue weighted by Crippen LogP contribution is -2.29. The average Bonchev–Trinajstić information content (AvgIpc) is 3.17. The molecule has 3 heterocycles. The Bertz CT molecular complexity index is 488. The summed E-state index contributed by atoms with van der Waals surface area (Å²) < 4.78 is 1.14. The minimum atomic E-state index is 0.237. The highest BCUT2D eigenvalue weighted by molar-refractivity contribution is 9.11. The number of halogens is 1. The summed E-state index contributed by atoms with van der Waals surface area (Å²) in [5.74, 6) is 0.933. The predicted molar refractivity (Wildman–Crippen MR) is 93.8 cm³/mol. The fraction of sp³-hybridized carbons (Fsp3) is 0.667. The van der Waals surface area contributed by atoms with Crippen molar-refractivity contribution in [2.75, 3.05) is 31.9 Å². The van der Waals surface area contributed by atoms with Gasteiger partial charge in [-0.1, -0.05) is 0 Å². The van der Waals surface area contributed by atoms with Crippen LogP contribution in [-0.2, 0) is 4.79 Å². The molecular formula is C15H21BrN2OS2. The van der Waals surface area contributed by atoms with Gasteiger partial charge in [0.05, 0.1) is 9.54 Å². The summed E-state index contributed by atoms with van der Waals surface area (Å²) in [6.45, 7) is 4.64. The number of carbonyl (C=O) groups excluding carboxylic acids is 1. The van der Waals surface area contributed by atoms with Crippen molar-refractivity contribution in [2.24, 2.45) is 0 Å². The number of rotatable bonds is 6. The van der Waals surface area contributed by atoms with Crippen LogP contribution in [0.15, 0.2) is 15.9 Å². The molecule has 0 saturated carbocycles. The van der Waals surface area contributed by atoms with Crippen molar-refractivity contribution in [1.29, 1.82) is 0 Å². The second kappa shape index (κ2) is 7.49. The highest BCUT2D eigenvalue weighted by Gasteiger charge is 2.33. The molecule has 0 N–H and O–H groups in total. The molecule has 0 spiro atoms. The molecule has 1 aromatic rings. The first-order valence-corrected chi connectivity index (χ1v) is 10.3. The molecule has 1 aromatic heterocycles. The van der Waals surface area contributed by atoms with Crippen LogP contribution in [0.25, 0.3) is 0 Å². The van der Waals surface area contributed by atoms with Gasteiger partial charge in [-0.25, -0.2) is 0 Å². The van der Waals surface area contributed by atoms with Crippen LogP contribution in [0.2, 0.25) is 0 Å². The van der Waals surface area contributed by atoms with Crippen LogP contribution in [0.4, 0.5) is 0 Å². The van der Waals surface area contributed by atoms with E-state index in [1.165, 1.54) is 43.8 Å². The Kier molecular flexibility index (Phi) is 5.65. The molecule has 0 aromatic carbocycles. The third-order valence-corrected chi connectivity index (χ3v) is 7.19. The lowest BCUT2D eigenvalue weighted by atomic mass is 10.2. The molecule has 0 radical (unpaired) electrons. The Balaban J connectivity index is 1.48. The molecule has 3 rings (SSSR count). The van der Waals surface area contributed by atoms with E-state index in [0.29, 0.717) is 11.7 Å². The number of nitrogens with zero attached hydrogens (tertiary/aromatic N) is 2. The van der Waals surface area contributed by atoms with E-state index in [2.05, 4.69) is 37.9 Å². The fourth-order valence-corrected chi connectivity index (χ4v) is 5.90. The second-order valence-electron chi connectivity index (χ2n) is 5.65. The van der Waals surface area contributed by atoms with E-state index in [1.54, 1.807) is 23.1 Å². The number of hydrogen-bond donors (Lipinski definition) is 0. The maximum Gasteiger partial charge on any atom is 0.233 e. The van der Waals surface area contributed by atoms with Crippen LogP contribution in [-0.4, -0.2) is 47.6 Å². The van der Waals surface area contributed by atoms with Crippen LogP contribution in [0.3, 0.4) is 0 Å². The zero-order chi connectivity index (χ0) is 14.7. The van der Waals surface area contributed by atoms with Crippen molar-refractivity contribution in [3.8, 4) is 0 Å². The van der Waals surface area contributed by atoms with Gasteiger partial charge in [-0.15, -0.1) is 23.1 Å². The fourth-order valence-electron chi connectivity index (χ4n) is 3.02. The van der Waals surface area contributed by atoms with Crippen molar-refractivity contribution in [3.63, 3.8) is 0 Å². The molecular weight excluding hydrogens is 368 g/mol. The zero-order valence-corrected chi connectivity index (χ0v) is 15.3. The Labute approximate surface area is 143 Å². The smallest absolute Gasteiger partial charge is 0.233 e. The standard InChI is InChI=1S/C15H21BrN2OS2/c16-13-6-5-12(21-13)15-18(14(19)11-20-15)10-4-3-9-17-7-1-2-8-17/h5-6,15H,1-4,7-11H2. The van der Waals surface area contributed by atoms with E-state index >= 15 is 0 Å². The molecule has 21 heavy (non-hydrogen) atoms. The summed E-state index contributed by atoms with van der Waals surface area (Å²) in [6, 6.07) is 4.22. The molecule has 0 bridgehead atoms. The van der Waals surface area contributed by atoms with E-state index in [4.69, 9.17) is 0 Å². The molecule has 116 valence electrons. The highest BCUT2D eigenvalue weighted by Crippen LogP contribution is 2.42. The second-order valence-corrected chi connectivity index (χ2v) is 9.21. The van der Waals surface area contributed by atoms with Crippen LogP contribution in [0.1, 0.15) is 35.9 Å². The van der Waals surface area contributed by atoms with Crippen LogP contribution < -0.4 is 0 Å². The third kappa shape index (κ3) is 4.03. The molecule has 1 atom stereocenters. The number of hydrogen-bond acceptors (Lipinski definition) is 4. The summed E-state index contributed by atoms with van der Waals surface area (Å²) in [5.41, 5.74) is 0. The normalized spacial score (nSPS) is 23.4. The van der Waals surface area contributed by atoms with Crippen molar-refractivity contribution in [2.45, 2.75) is 31.1 Å². The number of likely N-dealkylation sites (tertiary alicyclic amines) is 1. The lowest BCUT2D eigenvalue weighted by molar-refractivity contribution is -0.128. The van der Waals surface area contributed by atoms with E-state index < -0.39 is 0 Å². The monoisotopic (exact) mass is 388 g/mol.